The highest BCUT2D eigenvalue weighted by molar-refractivity contribution is 7.15. The normalized spacial score (nSPS) is 13.9. The molecular formula is C18H16FN3O2S. The van der Waals surface area contributed by atoms with Crippen LogP contribution in [0.1, 0.15) is 45.4 Å². The topological polar surface area (TPSA) is 68.0 Å². The van der Waals surface area contributed by atoms with Crippen molar-refractivity contribution in [2.75, 3.05) is 5.32 Å². The van der Waals surface area contributed by atoms with E-state index in [1.165, 1.54) is 17.4 Å². The Kier molecular flexibility index (Phi) is 3.88. The number of thiophene rings is 1. The van der Waals surface area contributed by atoms with Crippen LogP contribution in [0.4, 0.5) is 10.1 Å². The van der Waals surface area contributed by atoms with Gasteiger partial charge in [0.15, 0.2) is 0 Å². The molecule has 1 amide bonds. The lowest BCUT2D eigenvalue weighted by molar-refractivity contribution is 0.102. The van der Waals surface area contributed by atoms with Crippen LogP contribution in [-0.2, 0) is 0 Å². The Morgan fingerprint density at radius 1 is 1.28 bits per heavy atom. The standard InChI is InChI=1S/C18H16FN3O2S/c1-9-3-4-12(7-13(9)19)16(23)20-14-8-15(25-10(14)2)18-22-21-17(24-18)11-5-6-11/h3-4,7-8,11H,5-6H2,1-2H3,(H,20,23). The van der Waals surface area contributed by atoms with Gasteiger partial charge in [0.05, 0.1) is 10.6 Å². The Hall–Kier alpha value is -2.54. The van der Waals surface area contributed by atoms with E-state index < -0.39 is 5.82 Å². The number of halogens is 1. The molecule has 1 aliphatic rings. The van der Waals surface area contributed by atoms with Gasteiger partial charge in [0, 0.05) is 16.4 Å². The highest BCUT2D eigenvalue weighted by atomic mass is 32.1. The summed E-state index contributed by atoms with van der Waals surface area (Å²) in [5.41, 5.74) is 1.45. The van der Waals surface area contributed by atoms with Crippen LogP contribution in [-0.4, -0.2) is 16.1 Å². The smallest absolute Gasteiger partial charge is 0.257 e. The number of aromatic nitrogens is 2. The van der Waals surface area contributed by atoms with Crippen molar-refractivity contribution in [1.29, 1.82) is 0 Å². The first-order valence-corrected chi connectivity index (χ1v) is 8.84. The summed E-state index contributed by atoms with van der Waals surface area (Å²) in [6, 6.07) is 6.25. The van der Waals surface area contributed by atoms with Crippen molar-refractivity contribution >= 4 is 22.9 Å². The number of rotatable bonds is 4. The molecule has 7 heteroatoms. The number of benzene rings is 1. The Bertz CT molecular complexity index is 959. The Labute approximate surface area is 147 Å². The number of carbonyl (C=O) groups excluding carboxylic acids is 1. The van der Waals surface area contributed by atoms with Crippen molar-refractivity contribution in [2.24, 2.45) is 0 Å². The summed E-state index contributed by atoms with van der Waals surface area (Å²) < 4.78 is 19.4. The summed E-state index contributed by atoms with van der Waals surface area (Å²) in [6.07, 6.45) is 2.19. The molecule has 0 unspecified atom stereocenters. The minimum absolute atomic E-state index is 0.282. The second-order valence-corrected chi connectivity index (χ2v) is 7.47. The van der Waals surface area contributed by atoms with E-state index in [0.717, 1.165) is 22.6 Å². The molecule has 1 fully saturated rings. The number of hydrogen-bond acceptors (Lipinski definition) is 5. The summed E-state index contributed by atoms with van der Waals surface area (Å²) >= 11 is 1.47. The number of nitrogens with zero attached hydrogens (tertiary/aromatic N) is 2. The molecule has 1 N–H and O–H groups in total. The van der Waals surface area contributed by atoms with Crippen LogP contribution >= 0.6 is 11.3 Å². The molecule has 1 aliphatic carbocycles. The average Bonchev–Trinajstić information content (AvgIpc) is 3.21. The largest absolute Gasteiger partial charge is 0.420 e. The Morgan fingerprint density at radius 2 is 2.08 bits per heavy atom. The van der Waals surface area contributed by atoms with Crippen LogP contribution in [0.2, 0.25) is 0 Å². The van der Waals surface area contributed by atoms with E-state index in [0.29, 0.717) is 29.0 Å². The second-order valence-electron chi connectivity index (χ2n) is 6.22. The first-order chi connectivity index (χ1) is 12.0. The molecule has 2 heterocycles. The molecule has 0 bridgehead atoms. The Balaban J connectivity index is 1.55. The highest BCUT2D eigenvalue weighted by Crippen LogP contribution is 2.41. The molecule has 4 rings (SSSR count). The number of aryl methyl sites for hydroxylation is 2. The van der Waals surface area contributed by atoms with Crippen LogP contribution in [0.3, 0.4) is 0 Å². The molecule has 1 aromatic carbocycles. The van der Waals surface area contributed by atoms with E-state index in [2.05, 4.69) is 15.5 Å². The number of anilines is 1. The van der Waals surface area contributed by atoms with Gasteiger partial charge in [0.1, 0.15) is 5.82 Å². The summed E-state index contributed by atoms with van der Waals surface area (Å²) in [6.45, 7) is 3.56. The van der Waals surface area contributed by atoms with Gasteiger partial charge in [-0.25, -0.2) is 4.39 Å². The van der Waals surface area contributed by atoms with Gasteiger partial charge in [-0.15, -0.1) is 21.5 Å². The predicted molar refractivity (Wildman–Crippen MR) is 93.4 cm³/mol. The summed E-state index contributed by atoms with van der Waals surface area (Å²) in [5, 5.41) is 11.0. The number of nitrogens with one attached hydrogen (secondary N) is 1. The third-order valence-corrected chi connectivity index (χ3v) is 5.22. The fourth-order valence-corrected chi connectivity index (χ4v) is 3.37. The van der Waals surface area contributed by atoms with Gasteiger partial charge in [0.2, 0.25) is 5.89 Å². The van der Waals surface area contributed by atoms with Crippen molar-refractivity contribution in [2.45, 2.75) is 32.6 Å². The van der Waals surface area contributed by atoms with Gasteiger partial charge < -0.3 is 9.73 Å². The van der Waals surface area contributed by atoms with Gasteiger partial charge in [-0.1, -0.05) is 6.07 Å². The zero-order valence-electron chi connectivity index (χ0n) is 13.8. The fourth-order valence-electron chi connectivity index (χ4n) is 2.47. The van der Waals surface area contributed by atoms with E-state index in [4.69, 9.17) is 4.42 Å². The summed E-state index contributed by atoms with van der Waals surface area (Å²) in [5.74, 6) is 0.806. The van der Waals surface area contributed by atoms with Gasteiger partial charge in [-0.05, 0) is 50.5 Å². The minimum atomic E-state index is -0.395. The molecule has 25 heavy (non-hydrogen) atoms. The molecule has 0 spiro atoms. The van der Waals surface area contributed by atoms with Gasteiger partial charge >= 0.3 is 0 Å². The Morgan fingerprint density at radius 3 is 2.80 bits per heavy atom. The minimum Gasteiger partial charge on any atom is -0.420 e. The highest BCUT2D eigenvalue weighted by Gasteiger charge is 2.29. The average molecular weight is 357 g/mol. The molecule has 1 saturated carbocycles. The summed E-state index contributed by atoms with van der Waals surface area (Å²) in [4.78, 5) is 14.1. The number of amides is 1. The van der Waals surface area contributed by atoms with Gasteiger partial charge in [-0.3, -0.25) is 4.79 Å². The van der Waals surface area contributed by atoms with Gasteiger partial charge in [0.25, 0.3) is 11.8 Å². The van der Waals surface area contributed by atoms with E-state index in [-0.39, 0.29) is 11.5 Å². The van der Waals surface area contributed by atoms with Crippen LogP contribution in [0, 0.1) is 19.7 Å². The maximum Gasteiger partial charge on any atom is 0.257 e. The molecule has 128 valence electrons. The fraction of sp³-hybridized carbons (Fsp3) is 0.278. The quantitative estimate of drug-likeness (QED) is 0.736. The van der Waals surface area contributed by atoms with E-state index >= 15 is 0 Å². The maximum atomic E-state index is 13.7. The van der Waals surface area contributed by atoms with Crippen LogP contribution in [0.15, 0.2) is 28.7 Å². The number of hydrogen-bond donors (Lipinski definition) is 1. The lowest BCUT2D eigenvalue weighted by Crippen LogP contribution is -2.12. The van der Waals surface area contributed by atoms with Crippen molar-refractivity contribution in [3.63, 3.8) is 0 Å². The van der Waals surface area contributed by atoms with Crippen LogP contribution < -0.4 is 5.32 Å². The van der Waals surface area contributed by atoms with Crippen molar-refractivity contribution in [3.8, 4) is 10.8 Å². The molecule has 0 radical (unpaired) electrons. The van der Waals surface area contributed by atoms with E-state index in [1.54, 1.807) is 19.1 Å². The van der Waals surface area contributed by atoms with Crippen molar-refractivity contribution in [3.05, 3.63) is 52.0 Å². The van der Waals surface area contributed by atoms with Gasteiger partial charge in [-0.2, -0.15) is 0 Å². The number of carbonyl (C=O) groups is 1. The first-order valence-electron chi connectivity index (χ1n) is 8.03. The second kappa shape index (κ2) is 6.07. The SMILES string of the molecule is Cc1ccc(C(=O)Nc2cc(-c3nnc(C4CC4)o3)sc2C)cc1F. The summed E-state index contributed by atoms with van der Waals surface area (Å²) in [7, 11) is 0. The zero-order chi connectivity index (χ0) is 17.6. The molecule has 0 aliphatic heterocycles. The monoisotopic (exact) mass is 357 g/mol. The maximum absolute atomic E-state index is 13.7. The van der Waals surface area contributed by atoms with E-state index in [9.17, 15) is 9.18 Å². The van der Waals surface area contributed by atoms with Crippen molar-refractivity contribution < 1.29 is 13.6 Å². The third-order valence-electron chi connectivity index (χ3n) is 4.18. The molecule has 3 aromatic rings. The van der Waals surface area contributed by atoms with Crippen molar-refractivity contribution in [1.82, 2.24) is 10.2 Å². The third kappa shape index (κ3) is 3.19. The van der Waals surface area contributed by atoms with Crippen LogP contribution in [0.25, 0.3) is 10.8 Å². The first kappa shape index (κ1) is 16.0. The molecule has 5 nitrogen and oxygen atoms in total. The molecule has 0 saturated heterocycles. The lowest BCUT2D eigenvalue weighted by Gasteiger charge is -2.05. The predicted octanol–water partition coefficient (Wildman–Crippen LogP) is 4.68. The zero-order valence-corrected chi connectivity index (χ0v) is 14.6. The van der Waals surface area contributed by atoms with Crippen LogP contribution in [0.5, 0.6) is 0 Å². The molecule has 0 atom stereocenters. The molecule has 2 aromatic heterocycles. The lowest BCUT2D eigenvalue weighted by atomic mass is 10.1. The molecular weight excluding hydrogens is 341 g/mol. The van der Waals surface area contributed by atoms with E-state index in [1.807, 2.05) is 13.0 Å².